The van der Waals surface area contributed by atoms with Crippen LogP contribution in [0, 0.1) is 0 Å². The van der Waals surface area contributed by atoms with Gasteiger partial charge in [0.05, 0.1) is 0 Å². The average Bonchev–Trinajstić information content (AvgIpc) is 2.55. The van der Waals surface area contributed by atoms with Crippen LogP contribution in [-0.4, -0.2) is 10.2 Å². The van der Waals surface area contributed by atoms with Gasteiger partial charge in [-0.3, -0.25) is 0 Å². The summed E-state index contributed by atoms with van der Waals surface area (Å²) in [5, 5.41) is 19.4. The highest BCUT2D eigenvalue weighted by Crippen LogP contribution is 2.46. The molecule has 4 rings (SSSR count). The van der Waals surface area contributed by atoms with Crippen LogP contribution in [0.15, 0.2) is 66.7 Å². The fourth-order valence-corrected chi connectivity index (χ4v) is 2.70. The molecular weight excluding hydrogens is 292 g/mol. The number of phenolic OH excluding ortho intramolecular Hbond substituents is 2. The standard InChI is InChI=1S/C19H14O4/c20-12-6-8-15-17(10-12)23-18-11-13(21)7-9-16(18)19(15)22-14-4-2-1-3-5-14/h1-11,19-21H. The Morgan fingerprint density at radius 2 is 1.30 bits per heavy atom. The second-order valence-electron chi connectivity index (χ2n) is 5.36. The molecule has 1 heterocycles. The van der Waals surface area contributed by atoms with E-state index in [2.05, 4.69) is 0 Å². The minimum atomic E-state index is -0.377. The molecule has 0 amide bonds. The number of hydrogen-bond acceptors (Lipinski definition) is 4. The molecule has 0 saturated carbocycles. The predicted molar refractivity (Wildman–Crippen MR) is 85.2 cm³/mol. The topological polar surface area (TPSA) is 58.9 Å². The van der Waals surface area contributed by atoms with Gasteiger partial charge in [0.15, 0.2) is 6.10 Å². The van der Waals surface area contributed by atoms with E-state index >= 15 is 0 Å². The smallest absolute Gasteiger partial charge is 0.156 e. The van der Waals surface area contributed by atoms with Crippen LogP contribution in [0.4, 0.5) is 0 Å². The molecule has 0 saturated heterocycles. The van der Waals surface area contributed by atoms with E-state index in [9.17, 15) is 10.2 Å². The molecule has 1 aliphatic rings. The van der Waals surface area contributed by atoms with Gasteiger partial charge in [0.25, 0.3) is 0 Å². The SMILES string of the molecule is Oc1ccc2c(c1)Oc1cc(O)ccc1C2Oc1ccccc1. The number of benzene rings is 3. The second kappa shape index (κ2) is 5.25. The van der Waals surface area contributed by atoms with Gasteiger partial charge < -0.3 is 19.7 Å². The Labute approximate surface area is 133 Å². The van der Waals surface area contributed by atoms with Crippen molar-refractivity contribution in [1.82, 2.24) is 0 Å². The zero-order valence-corrected chi connectivity index (χ0v) is 12.1. The van der Waals surface area contributed by atoms with E-state index < -0.39 is 0 Å². The van der Waals surface area contributed by atoms with E-state index in [1.807, 2.05) is 30.3 Å². The molecule has 2 N–H and O–H groups in total. The highest BCUT2D eigenvalue weighted by molar-refractivity contribution is 5.56. The highest BCUT2D eigenvalue weighted by atomic mass is 16.5. The van der Waals surface area contributed by atoms with Crippen molar-refractivity contribution in [2.24, 2.45) is 0 Å². The molecule has 0 aromatic heterocycles. The molecule has 3 aromatic carbocycles. The third-order valence-electron chi connectivity index (χ3n) is 3.78. The molecule has 0 bridgehead atoms. The molecule has 1 aliphatic heterocycles. The Kier molecular flexibility index (Phi) is 3.08. The average molecular weight is 306 g/mol. The predicted octanol–water partition coefficient (Wildman–Crippen LogP) is 4.37. The van der Waals surface area contributed by atoms with Crippen LogP contribution in [0.25, 0.3) is 0 Å². The van der Waals surface area contributed by atoms with E-state index in [4.69, 9.17) is 9.47 Å². The number of fused-ring (bicyclic) bond motifs is 2. The molecule has 0 fully saturated rings. The number of ether oxygens (including phenoxy) is 2. The summed E-state index contributed by atoms with van der Waals surface area (Å²) in [5.74, 6) is 2.00. The molecule has 0 atom stereocenters. The van der Waals surface area contributed by atoms with Crippen molar-refractivity contribution in [3.05, 3.63) is 77.9 Å². The lowest BCUT2D eigenvalue weighted by molar-refractivity contribution is 0.227. The Morgan fingerprint density at radius 1 is 0.739 bits per heavy atom. The quantitative estimate of drug-likeness (QED) is 0.738. The first-order chi connectivity index (χ1) is 11.2. The lowest BCUT2D eigenvalue weighted by atomic mass is 9.96. The van der Waals surface area contributed by atoms with E-state index in [0.717, 1.165) is 16.9 Å². The zero-order chi connectivity index (χ0) is 15.8. The normalized spacial score (nSPS) is 12.9. The Hall–Kier alpha value is -3.14. The van der Waals surface area contributed by atoms with Crippen molar-refractivity contribution in [2.75, 3.05) is 0 Å². The van der Waals surface area contributed by atoms with Crippen LogP contribution < -0.4 is 9.47 Å². The van der Waals surface area contributed by atoms with E-state index in [0.29, 0.717) is 11.5 Å². The summed E-state index contributed by atoms with van der Waals surface area (Å²) in [5.41, 5.74) is 1.65. The van der Waals surface area contributed by atoms with E-state index in [-0.39, 0.29) is 17.6 Å². The van der Waals surface area contributed by atoms with Gasteiger partial charge in [0.1, 0.15) is 28.7 Å². The number of hydrogen-bond donors (Lipinski definition) is 2. The minimum absolute atomic E-state index is 0.116. The maximum absolute atomic E-state index is 9.70. The maximum atomic E-state index is 9.70. The second-order valence-corrected chi connectivity index (χ2v) is 5.36. The lowest BCUT2D eigenvalue weighted by Gasteiger charge is -2.28. The van der Waals surface area contributed by atoms with Gasteiger partial charge in [-0.15, -0.1) is 0 Å². The molecule has 0 unspecified atom stereocenters. The summed E-state index contributed by atoms with van der Waals surface area (Å²) in [7, 11) is 0. The van der Waals surface area contributed by atoms with Crippen LogP contribution in [-0.2, 0) is 0 Å². The molecule has 0 spiro atoms. The van der Waals surface area contributed by atoms with Gasteiger partial charge >= 0.3 is 0 Å². The Balaban J connectivity index is 1.83. The largest absolute Gasteiger partial charge is 0.508 e. The van der Waals surface area contributed by atoms with Gasteiger partial charge in [-0.2, -0.15) is 0 Å². The first-order valence-corrected chi connectivity index (χ1v) is 7.26. The highest BCUT2D eigenvalue weighted by Gasteiger charge is 2.29. The van der Waals surface area contributed by atoms with Gasteiger partial charge in [-0.1, -0.05) is 18.2 Å². The number of para-hydroxylation sites is 1. The fraction of sp³-hybridized carbons (Fsp3) is 0.0526. The van der Waals surface area contributed by atoms with Crippen LogP contribution in [0.1, 0.15) is 17.2 Å². The summed E-state index contributed by atoms with van der Waals surface area (Å²) in [6, 6.07) is 19.4. The summed E-state index contributed by atoms with van der Waals surface area (Å²) in [6.45, 7) is 0. The summed E-state index contributed by atoms with van der Waals surface area (Å²) >= 11 is 0. The van der Waals surface area contributed by atoms with Gasteiger partial charge in [-0.25, -0.2) is 0 Å². The zero-order valence-electron chi connectivity index (χ0n) is 12.1. The van der Waals surface area contributed by atoms with E-state index in [1.165, 1.54) is 0 Å². The van der Waals surface area contributed by atoms with Crippen molar-refractivity contribution in [2.45, 2.75) is 6.10 Å². The number of phenols is 2. The van der Waals surface area contributed by atoms with Crippen LogP contribution in [0.5, 0.6) is 28.7 Å². The monoisotopic (exact) mass is 306 g/mol. The van der Waals surface area contributed by atoms with Crippen LogP contribution in [0.3, 0.4) is 0 Å². The molecule has 4 heteroatoms. The molecule has 3 aromatic rings. The molecule has 0 aliphatic carbocycles. The van der Waals surface area contributed by atoms with Crippen molar-refractivity contribution in [1.29, 1.82) is 0 Å². The summed E-state index contributed by atoms with van der Waals surface area (Å²) < 4.78 is 12.0. The van der Waals surface area contributed by atoms with Crippen molar-refractivity contribution < 1.29 is 19.7 Å². The van der Waals surface area contributed by atoms with Gasteiger partial charge in [0.2, 0.25) is 0 Å². The molecule has 0 radical (unpaired) electrons. The first-order valence-electron chi connectivity index (χ1n) is 7.26. The summed E-state index contributed by atoms with van der Waals surface area (Å²) in [4.78, 5) is 0. The van der Waals surface area contributed by atoms with E-state index in [1.54, 1.807) is 36.4 Å². The Bertz CT molecular complexity index is 807. The van der Waals surface area contributed by atoms with Crippen molar-refractivity contribution in [3.8, 4) is 28.7 Å². The third kappa shape index (κ3) is 2.44. The van der Waals surface area contributed by atoms with Crippen molar-refractivity contribution in [3.63, 3.8) is 0 Å². The third-order valence-corrected chi connectivity index (χ3v) is 3.78. The molecule has 4 nitrogen and oxygen atoms in total. The fourth-order valence-electron chi connectivity index (χ4n) is 2.70. The summed E-state index contributed by atoms with van der Waals surface area (Å²) in [6.07, 6.45) is -0.377. The first kappa shape index (κ1) is 13.5. The minimum Gasteiger partial charge on any atom is -0.508 e. The molecular formula is C19H14O4. The van der Waals surface area contributed by atoms with Gasteiger partial charge in [-0.05, 0) is 36.4 Å². The number of rotatable bonds is 2. The van der Waals surface area contributed by atoms with Gasteiger partial charge in [0, 0.05) is 23.3 Å². The van der Waals surface area contributed by atoms with Crippen LogP contribution >= 0.6 is 0 Å². The van der Waals surface area contributed by atoms with Crippen molar-refractivity contribution >= 4 is 0 Å². The molecule has 23 heavy (non-hydrogen) atoms. The maximum Gasteiger partial charge on any atom is 0.156 e. The lowest BCUT2D eigenvalue weighted by Crippen LogP contribution is -2.15. The van der Waals surface area contributed by atoms with Crippen LogP contribution in [0.2, 0.25) is 0 Å². The number of aromatic hydroxyl groups is 2. The molecule has 114 valence electrons. The Morgan fingerprint density at radius 3 is 1.87 bits per heavy atom.